The molecule has 0 saturated carbocycles. The van der Waals surface area contributed by atoms with Crippen molar-refractivity contribution in [2.45, 2.75) is 38.9 Å². The largest absolute Gasteiger partial charge is 0.485 e. The molecule has 1 aliphatic rings. The Balaban J connectivity index is 1.54. The second kappa shape index (κ2) is 9.50. The zero-order valence-electron chi connectivity index (χ0n) is 17.9. The summed E-state index contributed by atoms with van der Waals surface area (Å²) in [5, 5.41) is 2.24. The van der Waals surface area contributed by atoms with Crippen LogP contribution in [0.1, 0.15) is 35.1 Å². The van der Waals surface area contributed by atoms with E-state index in [2.05, 4.69) is 0 Å². The molecule has 168 valence electrons. The van der Waals surface area contributed by atoms with Gasteiger partial charge in [-0.2, -0.15) is 0 Å². The lowest BCUT2D eigenvalue weighted by Gasteiger charge is -2.19. The lowest BCUT2D eigenvalue weighted by molar-refractivity contribution is 0.255. The van der Waals surface area contributed by atoms with Gasteiger partial charge in [-0.1, -0.05) is 47.5 Å². The van der Waals surface area contributed by atoms with Gasteiger partial charge in [-0.3, -0.25) is 0 Å². The summed E-state index contributed by atoms with van der Waals surface area (Å²) in [6.45, 7) is 0.615. The Kier molecular flexibility index (Phi) is 6.30. The molecule has 6 heteroatoms. The molecule has 0 aliphatic heterocycles. The Morgan fingerprint density at radius 2 is 1.30 bits per heavy atom. The number of hydrogen-bond acceptors (Lipinski definition) is 4. The molecule has 1 aliphatic carbocycles. The number of halogens is 2. The summed E-state index contributed by atoms with van der Waals surface area (Å²) in [7, 11) is 0. The molecule has 0 amide bonds. The zero-order chi connectivity index (χ0) is 22.8. The Morgan fingerprint density at radius 3 is 1.94 bits per heavy atom. The van der Waals surface area contributed by atoms with Crippen LogP contribution in [-0.4, -0.2) is 0 Å². The van der Waals surface area contributed by atoms with Gasteiger partial charge >= 0.3 is 5.63 Å². The summed E-state index contributed by atoms with van der Waals surface area (Å²) in [6.07, 6.45) is 3.68. The summed E-state index contributed by atoms with van der Waals surface area (Å²) in [5.41, 5.74) is 3.90. The van der Waals surface area contributed by atoms with E-state index in [9.17, 15) is 4.79 Å². The third kappa shape index (κ3) is 4.73. The van der Waals surface area contributed by atoms with E-state index in [0.717, 1.165) is 53.3 Å². The highest BCUT2D eigenvalue weighted by atomic mass is 35.5. The van der Waals surface area contributed by atoms with Gasteiger partial charge in [0.1, 0.15) is 13.2 Å². The fraction of sp³-hybridized carbons (Fsp3) is 0.222. The van der Waals surface area contributed by atoms with Crippen LogP contribution in [0, 0.1) is 0 Å². The van der Waals surface area contributed by atoms with Gasteiger partial charge in [-0.15, -0.1) is 0 Å². The van der Waals surface area contributed by atoms with Crippen LogP contribution in [0.4, 0.5) is 0 Å². The van der Waals surface area contributed by atoms with E-state index in [1.807, 2.05) is 60.7 Å². The van der Waals surface area contributed by atoms with E-state index in [1.54, 1.807) is 0 Å². The molecule has 0 radical (unpaired) electrons. The monoisotopic (exact) mass is 480 g/mol. The van der Waals surface area contributed by atoms with Gasteiger partial charge in [-0.05, 0) is 78.8 Å². The van der Waals surface area contributed by atoms with E-state index in [-0.39, 0.29) is 12.2 Å². The topological polar surface area (TPSA) is 48.7 Å². The molecule has 0 spiro atoms. The lowest BCUT2D eigenvalue weighted by Crippen LogP contribution is -2.16. The first kappa shape index (κ1) is 21.9. The molecular formula is C27H22Cl2O4. The molecular weight excluding hydrogens is 459 g/mol. The second-order valence-corrected chi connectivity index (χ2v) is 9.03. The van der Waals surface area contributed by atoms with Crippen molar-refractivity contribution in [2.24, 2.45) is 0 Å². The number of ether oxygens (including phenoxy) is 2. The minimum Gasteiger partial charge on any atom is -0.485 e. The van der Waals surface area contributed by atoms with Gasteiger partial charge in [0.25, 0.3) is 0 Å². The van der Waals surface area contributed by atoms with Crippen LogP contribution in [-0.2, 0) is 26.1 Å². The van der Waals surface area contributed by atoms with Crippen LogP contribution in [0.5, 0.6) is 11.5 Å². The predicted molar refractivity (Wildman–Crippen MR) is 131 cm³/mol. The van der Waals surface area contributed by atoms with Gasteiger partial charge in [0.15, 0.2) is 11.3 Å². The SMILES string of the molecule is O=c1oc2c(OCc3ccc(Cl)cc3)c(OCc3ccc(Cl)cc3)ccc2c2c1CCCC2. The maximum absolute atomic E-state index is 12.8. The lowest BCUT2D eigenvalue weighted by atomic mass is 9.90. The number of benzene rings is 3. The Bertz CT molecular complexity index is 1340. The quantitative estimate of drug-likeness (QED) is 0.275. The Morgan fingerprint density at radius 1 is 0.727 bits per heavy atom. The molecule has 0 N–H and O–H groups in total. The third-order valence-electron chi connectivity index (χ3n) is 5.91. The molecule has 0 atom stereocenters. The molecule has 0 bridgehead atoms. The van der Waals surface area contributed by atoms with E-state index in [1.165, 1.54) is 0 Å². The van der Waals surface area contributed by atoms with Crippen molar-refractivity contribution in [3.8, 4) is 11.5 Å². The van der Waals surface area contributed by atoms with Crippen molar-refractivity contribution in [3.05, 3.63) is 103 Å². The van der Waals surface area contributed by atoms with E-state index < -0.39 is 0 Å². The highest BCUT2D eigenvalue weighted by molar-refractivity contribution is 6.30. The fourth-order valence-electron chi connectivity index (χ4n) is 4.19. The smallest absolute Gasteiger partial charge is 0.339 e. The average molecular weight is 481 g/mol. The molecule has 33 heavy (non-hydrogen) atoms. The number of aryl methyl sites for hydroxylation is 1. The number of fused-ring (bicyclic) bond motifs is 3. The molecule has 4 nitrogen and oxygen atoms in total. The van der Waals surface area contributed by atoms with Crippen molar-refractivity contribution in [1.82, 2.24) is 0 Å². The van der Waals surface area contributed by atoms with Crippen molar-refractivity contribution in [1.29, 1.82) is 0 Å². The Labute approximate surface area is 201 Å². The first-order valence-corrected chi connectivity index (χ1v) is 11.7. The van der Waals surface area contributed by atoms with Crippen molar-refractivity contribution in [2.75, 3.05) is 0 Å². The van der Waals surface area contributed by atoms with Gasteiger partial charge in [0.05, 0.1) is 0 Å². The van der Waals surface area contributed by atoms with Crippen LogP contribution in [0.25, 0.3) is 11.0 Å². The first-order valence-electron chi connectivity index (χ1n) is 10.9. The molecule has 4 aromatic rings. The first-order chi connectivity index (χ1) is 16.1. The zero-order valence-corrected chi connectivity index (χ0v) is 19.4. The number of rotatable bonds is 6. The van der Waals surface area contributed by atoms with E-state index >= 15 is 0 Å². The molecule has 1 heterocycles. The summed E-state index contributed by atoms with van der Waals surface area (Å²) in [4.78, 5) is 12.8. The van der Waals surface area contributed by atoms with Gasteiger partial charge in [0.2, 0.25) is 5.75 Å². The van der Waals surface area contributed by atoms with Crippen LogP contribution in [0.15, 0.2) is 69.9 Å². The molecule has 3 aromatic carbocycles. The minimum atomic E-state index is -0.289. The molecule has 0 saturated heterocycles. The maximum Gasteiger partial charge on any atom is 0.339 e. The van der Waals surface area contributed by atoms with Crippen molar-refractivity contribution < 1.29 is 13.9 Å². The van der Waals surface area contributed by atoms with Crippen LogP contribution < -0.4 is 15.1 Å². The van der Waals surface area contributed by atoms with E-state index in [4.69, 9.17) is 37.1 Å². The summed E-state index contributed by atoms with van der Waals surface area (Å²) >= 11 is 12.0. The highest BCUT2D eigenvalue weighted by Crippen LogP contribution is 2.39. The maximum atomic E-state index is 12.8. The van der Waals surface area contributed by atoms with Crippen LogP contribution in [0.3, 0.4) is 0 Å². The average Bonchev–Trinajstić information content (AvgIpc) is 2.84. The summed E-state index contributed by atoms with van der Waals surface area (Å²) < 4.78 is 18.1. The van der Waals surface area contributed by atoms with Gasteiger partial charge in [-0.25, -0.2) is 4.79 Å². The Hall–Kier alpha value is -2.95. The van der Waals surface area contributed by atoms with Gasteiger partial charge in [0, 0.05) is 21.0 Å². The highest BCUT2D eigenvalue weighted by Gasteiger charge is 2.22. The molecule has 0 fully saturated rings. The van der Waals surface area contributed by atoms with Crippen LogP contribution >= 0.6 is 23.2 Å². The third-order valence-corrected chi connectivity index (χ3v) is 6.42. The normalized spacial score (nSPS) is 13.0. The second-order valence-electron chi connectivity index (χ2n) is 8.15. The van der Waals surface area contributed by atoms with Crippen molar-refractivity contribution >= 4 is 34.2 Å². The van der Waals surface area contributed by atoms with Crippen molar-refractivity contribution in [3.63, 3.8) is 0 Å². The van der Waals surface area contributed by atoms with Crippen LogP contribution in [0.2, 0.25) is 10.0 Å². The summed E-state index contributed by atoms with van der Waals surface area (Å²) in [6, 6.07) is 18.8. The molecule has 0 unspecified atom stereocenters. The molecule has 1 aromatic heterocycles. The standard InChI is InChI=1S/C27H22Cl2O4/c28-19-9-5-17(6-10-19)15-31-24-14-13-22-21-3-1-2-4-23(21)27(30)33-25(22)26(24)32-16-18-7-11-20(29)12-8-18/h5-14H,1-4,15-16H2. The molecule has 5 rings (SSSR count). The summed E-state index contributed by atoms with van der Waals surface area (Å²) in [5.74, 6) is 0.951. The predicted octanol–water partition coefficient (Wildman–Crippen LogP) is 7.14. The minimum absolute atomic E-state index is 0.286. The van der Waals surface area contributed by atoms with E-state index in [0.29, 0.717) is 33.7 Å². The number of hydrogen-bond donors (Lipinski definition) is 0. The fourth-order valence-corrected chi connectivity index (χ4v) is 4.45. The van der Waals surface area contributed by atoms with Gasteiger partial charge < -0.3 is 13.9 Å².